The standard InChI is InChI=1S/C19H27ClP.Pd/c1-18(2,3)21(14-20,19(4,5)6)17-12-11-15-9-7-8-10-16(15)13-17;/h7-14,21H,1-6H3;. The number of fused-ring (bicyclic) bond motifs is 1. The van der Waals surface area contributed by atoms with Gasteiger partial charge in [-0.2, -0.15) is 0 Å². The van der Waals surface area contributed by atoms with Crippen LogP contribution in [0.15, 0.2) is 42.5 Å². The van der Waals surface area contributed by atoms with Crippen LogP contribution in [-0.4, -0.2) is 13.9 Å². The summed E-state index contributed by atoms with van der Waals surface area (Å²) >= 11 is 10.3. The summed E-state index contributed by atoms with van der Waals surface area (Å²) in [5.74, 6) is 0. The first kappa shape index (κ1) is 18.4. The molecule has 1 atom stereocenters. The van der Waals surface area contributed by atoms with Gasteiger partial charge < -0.3 is 0 Å². The van der Waals surface area contributed by atoms with Crippen molar-refractivity contribution < 1.29 is 19.2 Å². The quantitative estimate of drug-likeness (QED) is 0.318. The first-order valence-electron chi connectivity index (χ1n) is 7.75. The van der Waals surface area contributed by atoms with Crippen LogP contribution in [0.4, 0.5) is 0 Å². The molecule has 0 spiro atoms. The second-order valence-corrected chi connectivity index (χ2v) is 16.9. The fraction of sp³-hybridized carbons (Fsp3) is 0.474. The van der Waals surface area contributed by atoms with Crippen molar-refractivity contribution >= 4 is 34.9 Å². The summed E-state index contributed by atoms with van der Waals surface area (Å²) in [5.41, 5.74) is 0. The zero-order valence-corrected chi connectivity index (χ0v) is 17.6. The van der Waals surface area contributed by atoms with E-state index in [9.17, 15) is 0 Å². The van der Waals surface area contributed by atoms with Crippen LogP contribution < -0.4 is 5.30 Å². The number of hydrogen-bond acceptors (Lipinski definition) is 0. The monoisotopic (exact) mass is 427 g/mol. The minimum atomic E-state index is -2.07. The molecule has 0 saturated carbocycles. The molecular formula is C19H27ClPPd. The summed E-state index contributed by atoms with van der Waals surface area (Å²) in [6, 6.07) is 15.5. The van der Waals surface area contributed by atoms with E-state index in [1.54, 1.807) is 0 Å². The Hall–Kier alpha value is 0.0823. The third-order valence-electron chi connectivity index (χ3n) is 4.87. The van der Waals surface area contributed by atoms with E-state index in [0.29, 0.717) is 0 Å². The van der Waals surface area contributed by atoms with Gasteiger partial charge >= 0.3 is 152 Å². The second kappa shape index (κ2) is 6.18. The molecule has 125 valence electrons. The van der Waals surface area contributed by atoms with Crippen LogP contribution in [0.25, 0.3) is 10.8 Å². The van der Waals surface area contributed by atoms with E-state index in [1.165, 1.54) is 16.1 Å². The molecule has 0 aliphatic heterocycles. The van der Waals surface area contributed by atoms with Crippen molar-refractivity contribution in [1.82, 2.24) is 0 Å². The van der Waals surface area contributed by atoms with Gasteiger partial charge in [0.25, 0.3) is 0 Å². The van der Waals surface area contributed by atoms with E-state index in [4.69, 9.17) is 11.6 Å². The molecule has 22 heavy (non-hydrogen) atoms. The zero-order valence-electron chi connectivity index (χ0n) is 14.3. The fourth-order valence-electron chi connectivity index (χ4n) is 4.14. The van der Waals surface area contributed by atoms with Crippen molar-refractivity contribution in [2.24, 2.45) is 0 Å². The molecule has 2 aromatic carbocycles. The van der Waals surface area contributed by atoms with Gasteiger partial charge in [0, 0.05) is 0 Å². The molecule has 0 N–H and O–H groups in total. The topological polar surface area (TPSA) is 0 Å². The van der Waals surface area contributed by atoms with Crippen molar-refractivity contribution in [2.75, 3.05) is 0 Å². The summed E-state index contributed by atoms with van der Waals surface area (Å²) in [6.07, 6.45) is 0. The van der Waals surface area contributed by atoms with Gasteiger partial charge in [0.15, 0.2) is 0 Å². The molecule has 0 aromatic heterocycles. The summed E-state index contributed by atoms with van der Waals surface area (Å²) in [5, 5.41) is 4.34. The van der Waals surface area contributed by atoms with Crippen LogP contribution >= 0.6 is 18.9 Å². The first-order chi connectivity index (χ1) is 10.0. The second-order valence-electron chi connectivity index (χ2n) is 8.14. The van der Waals surface area contributed by atoms with Gasteiger partial charge in [-0.25, -0.2) is 0 Å². The summed E-state index contributed by atoms with van der Waals surface area (Å²) in [7, 11) is -2.07. The Balaban J connectivity index is 2.82. The van der Waals surface area contributed by atoms with Crippen LogP contribution in [0, 0.1) is 0 Å². The first-order valence-corrected chi connectivity index (χ1v) is 11.2. The van der Waals surface area contributed by atoms with Gasteiger partial charge in [0.2, 0.25) is 0 Å². The normalized spacial score (nSPS) is 15.9. The van der Waals surface area contributed by atoms with Gasteiger partial charge in [-0.1, -0.05) is 0 Å². The molecule has 0 aliphatic carbocycles. The molecule has 0 amide bonds. The average molecular weight is 428 g/mol. The van der Waals surface area contributed by atoms with Gasteiger partial charge in [0.05, 0.1) is 0 Å². The van der Waals surface area contributed by atoms with Crippen molar-refractivity contribution in [2.45, 2.75) is 55.4 Å². The fourth-order valence-corrected chi connectivity index (χ4v) is 17.4. The Labute approximate surface area is 151 Å². The van der Waals surface area contributed by atoms with Crippen molar-refractivity contribution in [1.29, 1.82) is 0 Å². The molecule has 0 heterocycles. The van der Waals surface area contributed by atoms with Gasteiger partial charge in [-0.05, 0) is 0 Å². The number of alkyl halides is 1. The predicted octanol–water partition coefficient (Wildman–Crippen LogP) is 5.88. The van der Waals surface area contributed by atoms with E-state index in [0.717, 1.165) is 0 Å². The average Bonchev–Trinajstić information content (AvgIpc) is 2.35. The van der Waals surface area contributed by atoms with Crippen molar-refractivity contribution in [3.8, 4) is 0 Å². The summed E-state index contributed by atoms with van der Waals surface area (Å²) in [6.45, 7) is 14.1. The maximum atomic E-state index is 6.85. The molecule has 3 heteroatoms. The number of halogens is 1. The molecule has 2 rings (SSSR count). The van der Waals surface area contributed by atoms with Crippen molar-refractivity contribution in [3.05, 3.63) is 42.5 Å². The molecule has 0 bridgehead atoms. The summed E-state index contributed by atoms with van der Waals surface area (Å²) in [4.78, 5) is 0. The Morgan fingerprint density at radius 3 is 1.82 bits per heavy atom. The molecule has 0 saturated heterocycles. The number of benzene rings is 2. The van der Waals surface area contributed by atoms with Gasteiger partial charge in [0.1, 0.15) is 0 Å². The van der Waals surface area contributed by atoms with Crippen LogP contribution in [0.3, 0.4) is 0 Å². The van der Waals surface area contributed by atoms with E-state index < -0.39 is 7.26 Å². The van der Waals surface area contributed by atoms with Crippen LogP contribution in [-0.2, 0) is 19.2 Å². The van der Waals surface area contributed by atoms with Crippen LogP contribution in [0.2, 0.25) is 0 Å². The predicted molar refractivity (Wildman–Crippen MR) is 101 cm³/mol. The molecule has 0 aliphatic rings. The molecule has 1 unspecified atom stereocenters. The van der Waals surface area contributed by atoms with Crippen LogP contribution in [0.5, 0.6) is 0 Å². The Kier molecular flexibility index (Phi) is 5.18. The van der Waals surface area contributed by atoms with E-state index in [-0.39, 0.29) is 13.9 Å². The van der Waals surface area contributed by atoms with Crippen LogP contribution in [0.1, 0.15) is 41.5 Å². The SMILES string of the molecule is CC(C)(C)[PH](c1ccc2ccccc2c1)([CH](Cl)[Pd])C(C)(C)C. The molecular weight excluding hydrogens is 401 g/mol. The third-order valence-corrected chi connectivity index (χ3v) is 14.4. The van der Waals surface area contributed by atoms with E-state index >= 15 is 0 Å². The summed E-state index contributed by atoms with van der Waals surface area (Å²) < 4.78 is 0.0247. The van der Waals surface area contributed by atoms with Gasteiger partial charge in [-0.3, -0.25) is 0 Å². The van der Waals surface area contributed by atoms with E-state index in [2.05, 4.69) is 103 Å². The molecule has 0 nitrogen and oxygen atoms in total. The minimum absolute atomic E-state index is 0.0247. The number of hydrogen-bond donors (Lipinski definition) is 0. The Morgan fingerprint density at radius 1 is 0.864 bits per heavy atom. The van der Waals surface area contributed by atoms with Crippen molar-refractivity contribution in [3.63, 3.8) is 0 Å². The number of rotatable bonds is 2. The Morgan fingerprint density at radius 2 is 1.36 bits per heavy atom. The van der Waals surface area contributed by atoms with E-state index in [1.807, 2.05) is 0 Å². The molecule has 0 radical (unpaired) electrons. The third kappa shape index (κ3) is 2.92. The van der Waals surface area contributed by atoms with Gasteiger partial charge in [-0.15, -0.1) is 0 Å². The maximum absolute atomic E-state index is 6.85. The Bertz CT molecular complexity index is 651. The molecule has 0 fully saturated rings. The zero-order chi connectivity index (χ0) is 16.8. The molecule has 2 aromatic rings.